The van der Waals surface area contributed by atoms with Crippen LogP contribution in [-0.2, 0) is 4.79 Å². The number of carbonyl (C=O) groups excluding carboxylic acids is 1. The summed E-state index contributed by atoms with van der Waals surface area (Å²) in [5.41, 5.74) is 8.12. The van der Waals surface area contributed by atoms with Crippen molar-refractivity contribution < 1.29 is 9.18 Å². The molecule has 0 radical (unpaired) electrons. The van der Waals surface area contributed by atoms with E-state index in [1.807, 2.05) is 0 Å². The lowest BCUT2D eigenvalue weighted by Crippen LogP contribution is -2.47. The molecule has 3 heterocycles. The number of nitrogens with one attached hydrogen (secondary N) is 4. The van der Waals surface area contributed by atoms with Gasteiger partial charge in [0.2, 0.25) is 5.91 Å². The molecule has 0 unspecified atom stereocenters. The van der Waals surface area contributed by atoms with Crippen LogP contribution in [0.3, 0.4) is 0 Å². The van der Waals surface area contributed by atoms with Crippen LogP contribution >= 0.6 is 0 Å². The number of anilines is 2. The maximum atomic E-state index is 14.2. The Labute approximate surface area is 161 Å². The Morgan fingerprint density at radius 2 is 2.25 bits per heavy atom. The van der Waals surface area contributed by atoms with Crippen molar-refractivity contribution >= 4 is 39.3 Å². The Kier molecular flexibility index (Phi) is 3.61. The molecule has 3 aromatic rings. The topological polar surface area (TPSA) is 115 Å². The SMILES string of the molecule is CNc1cc(F)cc2c1[nH]c1[nH]nc(N3C[C@H](NC(=O)[C@H](C)N)C4(CC4)C3)c12. The van der Waals surface area contributed by atoms with Crippen LogP contribution < -0.4 is 21.3 Å². The first-order valence-corrected chi connectivity index (χ1v) is 9.60. The van der Waals surface area contributed by atoms with E-state index in [0.29, 0.717) is 12.2 Å². The molecule has 2 fully saturated rings. The van der Waals surface area contributed by atoms with E-state index in [-0.39, 0.29) is 23.2 Å². The first-order valence-electron chi connectivity index (χ1n) is 9.60. The van der Waals surface area contributed by atoms with Crippen molar-refractivity contribution in [1.29, 1.82) is 0 Å². The molecule has 1 amide bonds. The summed E-state index contributed by atoms with van der Waals surface area (Å²) in [7, 11) is 1.77. The highest BCUT2D eigenvalue weighted by Crippen LogP contribution is 2.54. The lowest BCUT2D eigenvalue weighted by Gasteiger charge is -2.19. The van der Waals surface area contributed by atoms with E-state index in [1.165, 1.54) is 12.1 Å². The minimum Gasteiger partial charge on any atom is -0.386 e. The number of halogens is 1. The second-order valence-corrected chi connectivity index (χ2v) is 8.14. The highest BCUT2D eigenvalue weighted by molar-refractivity contribution is 6.14. The predicted octanol–water partition coefficient (Wildman–Crippen LogP) is 1.66. The smallest absolute Gasteiger partial charge is 0.236 e. The first-order chi connectivity index (χ1) is 13.4. The Hall–Kier alpha value is -2.81. The van der Waals surface area contributed by atoms with Crippen LogP contribution in [0.4, 0.5) is 15.9 Å². The molecule has 1 saturated heterocycles. The minimum atomic E-state index is -0.529. The summed E-state index contributed by atoms with van der Waals surface area (Å²) in [4.78, 5) is 17.6. The van der Waals surface area contributed by atoms with Crippen LogP contribution in [0.5, 0.6) is 0 Å². The van der Waals surface area contributed by atoms with Gasteiger partial charge in [-0.3, -0.25) is 9.89 Å². The molecule has 9 heteroatoms. The van der Waals surface area contributed by atoms with Crippen LogP contribution in [0.15, 0.2) is 12.1 Å². The van der Waals surface area contributed by atoms with Crippen molar-refractivity contribution in [2.45, 2.75) is 31.8 Å². The quantitative estimate of drug-likeness (QED) is 0.469. The highest BCUT2D eigenvalue weighted by Gasteiger charge is 2.56. The van der Waals surface area contributed by atoms with E-state index >= 15 is 0 Å². The third-order valence-electron chi connectivity index (χ3n) is 6.21. The van der Waals surface area contributed by atoms with Gasteiger partial charge < -0.3 is 26.3 Å². The van der Waals surface area contributed by atoms with Crippen molar-refractivity contribution in [2.24, 2.45) is 11.1 Å². The standard InChI is InChI=1S/C19H24FN7O/c1-9(21)18(28)23-13-7-27(8-19(13)3-4-19)17-14-11-5-10(20)6-12(22-2)15(11)24-16(14)25-26-17/h5-6,9,13,22H,3-4,7-8,21H2,1-2H3,(H,23,28)(H2,24,25,26)/t9-,13-/m0/s1. The molecule has 1 aliphatic heterocycles. The van der Waals surface area contributed by atoms with Gasteiger partial charge in [-0.15, -0.1) is 0 Å². The predicted molar refractivity (Wildman–Crippen MR) is 107 cm³/mol. The van der Waals surface area contributed by atoms with Crippen molar-refractivity contribution in [2.75, 3.05) is 30.4 Å². The molecule has 1 spiro atoms. The van der Waals surface area contributed by atoms with Crippen LogP contribution in [0.1, 0.15) is 19.8 Å². The molecular formula is C19H24FN7O. The average Bonchev–Trinajstić information content (AvgIpc) is 3.00. The van der Waals surface area contributed by atoms with E-state index < -0.39 is 6.04 Å². The number of amides is 1. The maximum Gasteiger partial charge on any atom is 0.236 e. The Balaban J connectivity index is 1.54. The largest absolute Gasteiger partial charge is 0.386 e. The van der Waals surface area contributed by atoms with Gasteiger partial charge in [-0.25, -0.2) is 4.39 Å². The van der Waals surface area contributed by atoms with Gasteiger partial charge in [-0.2, -0.15) is 5.10 Å². The van der Waals surface area contributed by atoms with Crippen molar-refractivity contribution in [1.82, 2.24) is 20.5 Å². The number of carbonyl (C=O) groups is 1. The summed E-state index contributed by atoms with van der Waals surface area (Å²) in [6.45, 7) is 3.18. The summed E-state index contributed by atoms with van der Waals surface area (Å²) in [6.07, 6.45) is 2.15. The number of benzene rings is 1. The molecule has 8 nitrogen and oxygen atoms in total. The normalized spacial score (nSPS) is 21.6. The van der Waals surface area contributed by atoms with E-state index in [0.717, 1.165) is 47.1 Å². The van der Waals surface area contributed by atoms with Gasteiger partial charge in [0.1, 0.15) is 11.5 Å². The number of nitrogens with zero attached hydrogens (tertiary/aromatic N) is 2. The highest BCUT2D eigenvalue weighted by atomic mass is 19.1. The molecule has 6 N–H and O–H groups in total. The van der Waals surface area contributed by atoms with Crippen LogP contribution in [-0.4, -0.2) is 53.3 Å². The minimum absolute atomic E-state index is 0.0487. The third kappa shape index (κ3) is 2.46. The second kappa shape index (κ2) is 5.84. The van der Waals surface area contributed by atoms with Gasteiger partial charge >= 0.3 is 0 Å². The zero-order valence-corrected chi connectivity index (χ0v) is 15.9. The van der Waals surface area contributed by atoms with Crippen LogP contribution in [0.25, 0.3) is 21.9 Å². The summed E-state index contributed by atoms with van der Waals surface area (Å²) in [5.74, 6) is 0.364. The second-order valence-electron chi connectivity index (χ2n) is 8.14. The molecule has 1 saturated carbocycles. The number of fused-ring (bicyclic) bond motifs is 3. The van der Waals surface area contributed by atoms with Crippen molar-refractivity contribution in [3.63, 3.8) is 0 Å². The van der Waals surface area contributed by atoms with Gasteiger partial charge in [0.05, 0.1) is 28.7 Å². The summed E-state index contributed by atoms with van der Waals surface area (Å²) in [5, 5.41) is 15.4. The van der Waals surface area contributed by atoms with E-state index in [1.54, 1.807) is 14.0 Å². The van der Waals surface area contributed by atoms with Gasteiger partial charge in [0.25, 0.3) is 0 Å². The molecule has 0 bridgehead atoms. The fourth-order valence-corrected chi connectivity index (χ4v) is 4.47. The molecule has 5 rings (SSSR count). The van der Waals surface area contributed by atoms with Gasteiger partial charge in [0.15, 0.2) is 5.82 Å². The van der Waals surface area contributed by atoms with E-state index in [9.17, 15) is 9.18 Å². The van der Waals surface area contributed by atoms with E-state index in [4.69, 9.17) is 5.73 Å². The lowest BCUT2D eigenvalue weighted by atomic mass is 10.0. The Morgan fingerprint density at radius 3 is 2.93 bits per heavy atom. The summed E-state index contributed by atoms with van der Waals surface area (Å²) in [6, 6.07) is 2.53. The average molecular weight is 385 g/mol. The number of aromatic amines is 2. The molecule has 1 aromatic carbocycles. The summed E-state index contributed by atoms with van der Waals surface area (Å²) >= 11 is 0. The zero-order chi connectivity index (χ0) is 19.6. The molecule has 2 aromatic heterocycles. The van der Waals surface area contributed by atoms with Crippen LogP contribution in [0.2, 0.25) is 0 Å². The molecule has 1 aliphatic carbocycles. The maximum absolute atomic E-state index is 14.2. The number of rotatable bonds is 4. The molecule has 148 valence electrons. The number of nitrogens with two attached hydrogens (primary N) is 1. The van der Waals surface area contributed by atoms with Gasteiger partial charge in [-0.05, 0) is 31.9 Å². The number of aromatic nitrogens is 3. The monoisotopic (exact) mass is 385 g/mol. The molecule has 2 atom stereocenters. The third-order valence-corrected chi connectivity index (χ3v) is 6.21. The van der Waals surface area contributed by atoms with Crippen molar-refractivity contribution in [3.8, 4) is 0 Å². The Morgan fingerprint density at radius 1 is 1.46 bits per heavy atom. The Bertz CT molecular complexity index is 1080. The molecular weight excluding hydrogens is 361 g/mol. The zero-order valence-electron chi connectivity index (χ0n) is 15.9. The lowest BCUT2D eigenvalue weighted by molar-refractivity contribution is -0.122. The van der Waals surface area contributed by atoms with Gasteiger partial charge in [0, 0.05) is 30.9 Å². The number of hydrogen-bond donors (Lipinski definition) is 5. The molecule has 28 heavy (non-hydrogen) atoms. The van der Waals surface area contributed by atoms with E-state index in [2.05, 4.69) is 30.7 Å². The fourth-order valence-electron chi connectivity index (χ4n) is 4.47. The van der Waals surface area contributed by atoms with Crippen LogP contribution in [0, 0.1) is 11.2 Å². The first kappa shape index (κ1) is 17.3. The van der Waals surface area contributed by atoms with Gasteiger partial charge in [-0.1, -0.05) is 0 Å². The summed E-state index contributed by atoms with van der Waals surface area (Å²) < 4.78 is 14.2. The number of hydrogen-bond acceptors (Lipinski definition) is 5. The molecule has 2 aliphatic rings. The number of H-pyrrole nitrogens is 2. The fraction of sp³-hybridized carbons (Fsp3) is 0.474. The van der Waals surface area contributed by atoms with Crippen molar-refractivity contribution in [3.05, 3.63) is 17.9 Å².